The maximum absolute atomic E-state index is 11.3. The van der Waals surface area contributed by atoms with Crippen LogP contribution in [0.2, 0.25) is 5.02 Å². The van der Waals surface area contributed by atoms with Gasteiger partial charge in [-0.3, -0.25) is 0 Å². The third kappa shape index (κ3) is 3.81. The lowest BCUT2D eigenvalue weighted by Crippen LogP contribution is -1.99. The zero-order valence-corrected chi connectivity index (χ0v) is 15.7. The summed E-state index contributed by atoms with van der Waals surface area (Å²) in [7, 11) is 1.56. The zero-order chi connectivity index (χ0) is 18.7. The van der Waals surface area contributed by atoms with Crippen molar-refractivity contribution in [3.05, 3.63) is 63.6 Å². The first kappa shape index (κ1) is 18.2. The van der Waals surface area contributed by atoms with Gasteiger partial charge < -0.3 is 14.6 Å². The minimum Gasteiger partial charge on any atom is -0.493 e. The Hall–Kier alpha value is -2.57. The molecule has 134 valence electrons. The molecule has 0 aliphatic heterocycles. The third-order valence-corrected chi connectivity index (χ3v) is 5.15. The highest BCUT2D eigenvalue weighted by atomic mass is 35.5. The number of carbonyl (C=O) groups is 1. The first-order valence-electron chi connectivity index (χ1n) is 7.75. The van der Waals surface area contributed by atoms with E-state index in [2.05, 4.69) is 4.98 Å². The monoisotopic (exact) mass is 389 g/mol. The SMILES string of the molecule is COc1cccc(-c2nc(C)c(C(=O)O)s2)c1OCc1ccc(Cl)cc1. The fourth-order valence-corrected chi connectivity index (χ4v) is 3.49. The summed E-state index contributed by atoms with van der Waals surface area (Å²) >= 11 is 7.02. The number of aromatic carboxylic acids is 1. The predicted molar refractivity (Wildman–Crippen MR) is 102 cm³/mol. The molecule has 0 unspecified atom stereocenters. The summed E-state index contributed by atoms with van der Waals surface area (Å²) in [5.41, 5.74) is 2.12. The number of methoxy groups -OCH3 is 1. The number of nitrogens with zero attached hydrogens (tertiary/aromatic N) is 1. The van der Waals surface area contributed by atoms with Crippen molar-refractivity contribution in [3.63, 3.8) is 0 Å². The minimum absolute atomic E-state index is 0.214. The molecule has 26 heavy (non-hydrogen) atoms. The van der Waals surface area contributed by atoms with Crippen molar-refractivity contribution in [3.8, 4) is 22.1 Å². The number of hydrogen-bond acceptors (Lipinski definition) is 5. The molecule has 0 aliphatic carbocycles. The van der Waals surface area contributed by atoms with Gasteiger partial charge in [-0.1, -0.05) is 29.8 Å². The van der Waals surface area contributed by atoms with Gasteiger partial charge in [0.25, 0.3) is 0 Å². The number of aromatic nitrogens is 1. The highest BCUT2D eigenvalue weighted by Crippen LogP contribution is 2.40. The maximum Gasteiger partial charge on any atom is 0.347 e. The van der Waals surface area contributed by atoms with Gasteiger partial charge in [0.15, 0.2) is 11.5 Å². The van der Waals surface area contributed by atoms with E-state index in [1.54, 1.807) is 32.2 Å². The molecule has 1 heterocycles. The molecular formula is C19H16ClNO4S. The van der Waals surface area contributed by atoms with Crippen LogP contribution in [-0.4, -0.2) is 23.2 Å². The lowest BCUT2D eigenvalue weighted by molar-refractivity contribution is 0.0701. The minimum atomic E-state index is -0.988. The van der Waals surface area contributed by atoms with E-state index in [-0.39, 0.29) is 4.88 Å². The lowest BCUT2D eigenvalue weighted by atomic mass is 10.2. The van der Waals surface area contributed by atoms with Crippen LogP contribution in [0.25, 0.3) is 10.6 Å². The van der Waals surface area contributed by atoms with Crippen LogP contribution in [0.15, 0.2) is 42.5 Å². The Bertz CT molecular complexity index is 937. The summed E-state index contributed by atoms with van der Waals surface area (Å²) in [6, 6.07) is 12.8. The Morgan fingerprint density at radius 1 is 1.23 bits per heavy atom. The summed E-state index contributed by atoms with van der Waals surface area (Å²) < 4.78 is 11.4. The summed E-state index contributed by atoms with van der Waals surface area (Å²) in [4.78, 5) is 15.9. The number of carboxylic acids is 1. The van der Waals surface area contributed by atoms with Crippen LogP contribution in [0.1, 0.15) is 20.9 Å². The molecule has 3 rings (SSSR count). The molecule has 0 radical (unpaired) electrons. The Kier molecular flexibility index (Phi) is 5.44. The second-order valence-electron chi connectivity index (χ2n) is 5.49. The van der Waals surface area contributed by atoms with Crippen molar-refractivity contribution in [1.82, 2.24) is 4.98 Å². The molecule has 0 saturated heterocycles. The number of thiazole rings is 1. The van der Waals surface area contributed by atoms with Crippen LogP contribution < -0.4 is 9.47 Å². The van der Waals surface area contributed by atoms with E-state index in [1.807, 2.05) is 24.3 Å². The Labute approximate surface area is 159 Å². The lowest BCUT2D eigenvalue weighted by Gasteiger charge is -2.14. The number of aryl methyl sites for hydroxylation is 1. The summed E-state index contributed by atoms with van der Waals surface area (Å²) in [5.74, 6) is 0.0922. The van der Waals surface area contributed by atoms with E-state index in [0.29, 0.717) is 39.4 Å². The topological polar surface area (TPSA) is 68.7 Å². The van der Waals surface area contributed by atoms with Crippen molar-refractivity contribution in [2.45, 2.75) is 13.5 Å². The maximum atomic E-state index is 11.3. The van der Waals surface area contributed by atoms with Gasteiger partial charge in [-0.05, 0) is 36.8 Å². The Morgan fingerprint density at radius 2 is 1.96 bits per heavy atom. The zero-order valence-electron chi connectivity index (χ0n) is 14.2. The normalized spacial score (nSPS) is 10.6. The van der Waals surface area contributed by atoms with Gasteiger partial charge >= 0.3 is 5.97 Å². The highest BCUT2D eigenvalue weighted by Gasteiger charge is 2.20. The molecule has 0 saturated carbocycles. The fourth-order valence-electron chi connectivity index (χ4n) is 2.44. The van der Waals surface area contributed by atoms with Crippen molar-refractivity contribution < 1.29 is 19.4 Å². The molecule has 2 aromatic carbocycles. The van der Waals surface area contributed by atoms with Crippen LogP contribution >= 0.6 is 22.9 Å². The van der Waals surface area contributed by atoms with E-state index in [4.69, 9.17) is 21.1 Å². The van der Waals surface area contributed by atoms with Crippen LogP contribution in [0.5, 0.6) is 11.5 Å². The van der Waals surface area contributed by atoms with Crippen molar-refractivity contribution >= 4 is 28.9 Å². The highest BCUT2D eigenvalue weighted by molar-refractivity contribution is 7.17. The van der Waals surface area contributed by atoms with Crippen LogP contribution in [0, 0.1) is 6.92 Å². The molecule has 5 nitrogen and oxygen atoms in total. The molecule has 1 aromatic heterocycles. The molecule has 0 fully saturated rings. The van der Waals surface area contributed by atoms with E-state index in [1.165, 1.54) is 0 Å². The average molecular weight is 390 g/mol. The molecule has 0 aliphatic rings. The van der Waals surface area contributed by atoms with Crippen molar-refractivity contribution in [2.24, 2.45) is 0 Å². The number of ether oxygens (including phenoxy) is 2. The van der Waals surface area contributed by atoms with Gasteiger partial charge in [0, 0.05) is 5.02 Å². The molecule has 0 atom stereocenters. The van der Waals surface area contributed by atoms with E-state index >= 15 is 0 Å². The van der Waals surface area contributed by atoms with Crippen LogP contribution in [0.3, 0.4) is 0 Å². The largest absolute Gasteiger partial charge is 0.493 e. The van der Waals surface area contributed by atoms with Gasteiger partial charge in [-0.2, -0.15) is 0 Å². The second-order valence-corrected chi connectivity index (χ2v) is 6.93. The second kappa shape index (κ2) is 7.76. The quantitative estimate of drug-likeness (QED) is 0.638. The molecule has 1 N–H and O–H groups in total. The number of halogens is 1. The van der Waals surface area contributed by atoms with Gasteiger partial charge in [0.1, 0.15) is 16.5 Å². The molecule has 0 amide bonds. The van der Waals surface area contributed by atoms with Crippen molar-refractivity contribution in [2.75, 3.05) is 7.11 Å². The standard InChI is InChI=1S/C19H16ClNO4S/c1-11-17(19(22)23)26-18(21-11)14-4-3-5-15(24-2)16(14)25-10-12-6-8-13(20)9-7-12/h3-9H,10H2,1-2H3,(H,22,23). The van der Waals surface area contributed by atoms with Crippen LogP contribution in [0.4, 0.5) is 0 Å². The Balaban J connectivity index is 1.97. The molecule has 3 aromatic rings. The summed E-state index contributed by atoms with van der Waals surface area (Å²) in [6.45, 7) is 2.00. The number of rotatable bonds is 6. The smallest absolute Gasteiger partial charge is 0.347 e. The number of carboxylic acid groups (broad SMARTS) is 1. The first-order valence-corrected chi connectivity index (χ1v) is 8.94. The van der Waals surface area contributed by atoms with Gasteiger partial charge in [0.2, 0.25) is 0 Å². The summed E-state index contributed by atoms with van der Waals surface area (Å²) in [5, 5.41) is 10.5. The number of hydrogen-bond donors (Lipinski definition) is 1. The fraction of sp³-hybridized carbons (Fsp3) is 0.158. The Morgan fingerprint density at radius 3 is 2.58 bits per heavy atom. The van der Waals surface area contributed by atoms with E-state index < -0.39 is 5.97 Å². The van der Waals surface area contributed by atoms with Gasteiger partial charge in [0.05, 0.1) is 18.4 Å². The molecule has 7 heteroatoms. The third-order valence-electron chi connectivity index (χ3n) is 3.72. The van der Waals surface area contributed by atoms with E-state index in [9.17, 15) is 9.90 Å². The van der Waals surface area contributed by atoms with Gasteiger partial charge in [-0.15, -0.1) is 11.3 Å². The van der Waals surface area contributed by atoms with Crippen molar-refractivity contribution in [1.29, 1.82) is 0 Å². The number of para-hydroxylation sites is 1. The summed E-state index contributed by atoms with van der Waals surface area (Å²) in [6.07, 6.45) is 0. The predicted octanol–water partition coefficient (Wildman–Crippen LogP) is 5.06. The van der Waals surface area contributed by atoms with E-state index in [0.717, 1.165) is 16.9 Å². The average Bonchev–Trinajstić information content (AvgIpc) is 3.03. The molecule has 0 spiro atoms. The number of benzene rings is 2. The van der Waals surface area contributed by atoms with Gasteiger partial charge in [-0.25, -0.2) is 9.78 Å². The van der Waals surface area contributed by atoms with Crippen LogP contribution in [-0.2, 0) is 6.61 Å². The molecule has 0 bridgehead atoms. The first-order chi connectivity index (χ1) is 12.5. The molecular weight excluding hydrogens is 374 g/mol.